The number of fused-ring (bicyclic) bond motifs is 3. The normalized spacial score (nSPS) is 26.4. The summed E-state index contributed by atoms with van der Waals surface area (Å²) in [7, 11) is -0.392. The fourth-order valence-corrected chi connectivity index (χ4v) is 4.87. The Morgan fingerprint density at radius 1 is 1.19 bits per heavy atom. The van der Waals surface area contributed by atoms with Gasteiger partial charge >= 0.3 is 13.1 Å². The van der Waals surface area contributed by atoms with Crippen molar-refractivity contribution in [3.8, 4) is 5.88 Å². The fourth-order valence-electron chi connectivity index (χ4n) is 4.87. The van der Waals surface area contributed by atoms with Gasteiger partial charge in [-0.3, -0.25) is 4.79 Å². The third-order valence-electron chi connectivity index (χ3n) is 7.40. The summed E-state index contributed by atoms with van der Waals surface area (Å²) in [5.41, 5.74) is 3.68. The molecule has 1 aliphatic heterocycles. The molecule has 2 unspecified atom stereocenters. The highest BCUT2D eigenvalue weighted by atomic mass is 16.7. The van der Waals surface area contributed by atoms with Crippen LogP contribution in [0.5, 0.6) is 5.88 Å². The maximum atomic E-state index is 12.1. The van der Waals surface area contributed by atoms with E-state index in [1.54, 1.807) is 0 Å². The molecule has 1 aromatic heterocycles. The lowest BCUT2D eigenvalue weighted by Gasteiger charge is -2.32. The zero-order valence-corrected chi connectivity index (χ0v) is 19.4. The van der Waals surface area contributed by atoms with Gasteiger partial charge in [-0.15, -0.1) is 0 Å². The van der Waals surface area contributed by atoms with Crippen LogP contribution in [0.15, 0.2) is 36.5 Å². The summed E-state index contributed by atoms with van der Waals surface area (Å²) < 4.78 is 23.5. The highest BCUT2D eigenvalue weighted by Gasteiger charge is 2.60. The predicted molar refractivity (Wildman–Crippen MR) is 121 cm³/mol. The summed E-state index contributed by atoms with van der Waals surface area (Å²) in [5, 5.41) is 0. The first-order valence-electron chi connectivity index (χ1n) is 11.4. The molecule has 0 amide bonds. The Labute approximate surface area is 189 Å². The van der Waals surface area contributed by atoms with Gasteiger partial charge in [0.1, 0.15) is 6.61 Å². The molecule has 0 bridgehead atoms. The molecule has 2 heterocycles. The van der Waals surface area contributed by atoms with Gasteiger partial charge in [0.05, 0.1) is 23.7 Å². The van der Waals surface area contributed by atoms with Crippen molar-refractivity contribution >= 4 is 18.6 Å². The summed E-state index contributed by atoms with van der Waals surface area (Å²) in [6.45, 7) is 10.9. The second-order valence-electron chi connectivity index (χ2n) is 10.0. The van der Waals surface area contributed by atoms with E-state index < -0.39 is 7.12 Å². The molecule has 1 saturated carbocycles. The predicted octanol–water partition coefficient (Wildman–Crippen LogP) is 3.41. The lowest BCUT2D eigenvalue weighted by atomic mass is 9.78. The number of esters is 1. The lowest BCUT2D eigenvalue weighted by Crippen LogP contribution is -2.41. The minimum atomic E-state index is -0.392. The monoisotopic (exact) mass is 435 g/mol. The first-order chi connectivity index (χ1) is 15.2. The number of rotatable bonds is 6. The van der Waals surface area contributed by atoms with Gasteiger partial charge in [0, 0.05) is 18.2 Å². The fraction of sp³-hybridized carbons (Fsp3) is 0.520. The van der Waals surface area contributed by atoms with Crippen LogP contribution in [0.2, 0.25) is 0 Å². The van der Waals surface area contributed by atoms with Gasteiger partial charge in [-0.1, -0.05) is 24.3 Å². The van der Waals surface area contributed by atoms with Crippen molar-refractivity contribution in [2.24, 2.45) is 11.8 Å². The van der Waals surface area contributed by atoms with Crippen LogP contribution in [0.25, 0.3) is 0 Å². The van der Waals surface area contributed by atoms with E-state index in [2.05, 4.69) is 38.7 Å². The second kappa shape index (κ2) is 7.60. The molecule has 0 radical (unpaired) electrons. The topological polar surface area (TPSA) is 66.9 Å². The van der Waals surface area contributed by atoms with E-state index in [0.717, 1.165) is 17.4 Å². The first kappa shape index (κ1) is 21.5. The standard InChI is InChI=1S/C25H30BNO5/c1-6-29-23(28)22-18-11-16-12-20(27-13-19(16)21(18)22)30-14-15-8-7-9-17(10-15)26-31-24(2,3)25(4,5)32-26/h7-10,12-13,18,21-22H,6,11,14H2,1-5H3/t18?,21?,22-/m0/s1. The van der Waals surface area contributed by atoms with Crippen LogP contribution in [-0.4, -0.2) is 35.9 Å². The van der Waals surface area contributed by atoms with Gasteiger partial charge in [-0.2, -0.15) is 0 Å². The van der Waals surface area contributed by atoms with Gasteiger partial charge in [-0.25, -0.2) is 4.98 Å². The summed E-state index contributed by atoms with van der Waals surface area (Å²) >= 11 is 0. The molecule has 32 heavy (non-hydrogen) atoms. The van der Waals surface area contributed by atoms with Gasteiger partial charge in [0.25, 0.3) is 0 Å². The lowest BCUT2D eigenvalue weighted by molar-refractivity contribution is -0.145. The SMILES string of the molecule is CCOC(=O)[C@H]1C2Cc3cc(OCc4cccc(B5OC(C)(C)C(C)(C)O5)c4)ncc3C21. The summed E-state index contributed by atoms with van der Waals surface area (Å²) in [4.78, 5) is 16.6. The van der Waals surface area contributed by atoms with Crippen LogP contribution in [-0.2, 0) is 31.9 Å². The van der Waals surface area contributed by atoms with Gasteiger partial charge in [0.15, 0.2) is 0 Å². The summed E-state index contributed by atoms with van der Waals surface area (Å²) in [6.07, 6.45) is 2.76. The van der Waals surface area contributed by atoms with Crippen molar-refractivity contribution in [2.75, 3.05) is 6.61 Å². The number of aromatic nitrogens is 1. The van der Waals surface area contributed by atoms with E-state index in [4.69, 9.17) is 18.8 Å². The largest absolute Gasteiger partial charge is 0.494 e. The van der Waals surface area contributed by atoms with Crippen molar-refractivity contribution < 1.29 is 23.6 Å². The molecule has 2 aliphatic carbocycles. The zero-order valence-electron chi connectivity index (χ0n) is 19.4. The number of ether oxygens (including phenoxy) is 2. The van der Waals surface area contributed by atoms with Crippen molar-refractivity contribution in [1.29, 1.82) is 0 Å². The molecule has 7 heteroatoms. The van der Waals surface area contributed by atoms with Gasteiger partial charge in [0.2, 0.25) is 5.88 Å². The van der Waals surface area contributed by atoms with E-state index in [9.17, 15) is 4.79 Å². The van der Waals surface area contributed by atoms with Gasteiger partial charge in [-0.05, 0) is 69.1 Å². The van der Waals surface area contributed by atoms with Crippen LogP contribution in [0.3, 0.4) is 0 Å². The molecule has 0 spiro atoms. The minimum absolute atomic E-state index is 0.00809. The first-order valence-corrected chi connectivity index (χ1v) is 11.4. The van der Waals surface area contributed by atoms with E-state index in [1.807, 2.05) is 37.4 Å². The highest BCUT2D eigenvalue weighted by Crippen LogP contribution is 2.61. The Balaban J connectivity index is 1.23. The third kappa shape index (κ3) is 3.61. The number of benzene rings is 1. The van der Waals surface area contributed by atoms with Crippen LogP contribution in [0.1, 0.15) is 57.2 Å². The van der Waals surface area contributed by atoms with Crippen LogP contribution >= 0.6 is 0 Å². The molecule has 3 atom stereocenters. The molecule has 1 saturated heterocycles. The highest BCUT2D eigenvalue weighted by molar-refractivity contribution is 6.62. The number of hydrogen-bond donors (Lipinski definition) is 0. The van der Waals surface area contributed by atoms with Crippen LogP contribution < -0.4 is 10.2 Å². The Morgan fingerprint density at radius 3 is 2.66 bits per heavy atom. The summed E-state index contributed by atoms with van der Waals surface area (Å²) in [6, 6.07) is 10.1. The summed E-state index contributed by atoms with van der Waals surface area (Å²) in [5.74, 6) is 1.17. The molecule has 6 nitrogen and oxygen atoms in total. The maximum absolute atomic E-state index is 12.1. The molecule has 2 aromatic rings. The smallest absolute Gasteiger partial charge is 0.473 e. The zero-order chi connectivity index (χ0) is 22.7. The van der Waals surface area contributed by atoms with E-state index >= 15 is 0 Å². The molecule has 0 N–H and O–H groups in total. The molecule has 5 rings (SSSR count). The van der Waals surface area contributed by atoms with Crippen molar-refractivity contribution in [3.63, 3.8) is 0 Å². The number of pyridine rings is 1. The molecule has 1 aromatic carbocycles. The Bertz CT molecular complexity index is 1040. The third-order valence-corrected chi connectivity index (χ3v) is 7.40. The van der Waals surface area contributed by atoms with Gasteiger partial charge < -0.3 is 18.8 Å². The molecule has 2 fully saturated rings. The van der Waals surface area contributed by atoms with Crippen molar-refractivity contribution in [1.82, 2.24) is 4.98 Å². The average Bonchev–Trinajstić information content (AvgIpc) is 3.25. The number of carbonyl (C=O) groups is 1. The molecule has 3 aliphatic rings. The second-order valence-corrected chi connectivity index (χ2v) is 10.0. The maximum Gasteiger partial charge on any atom is 0.494 e. The average molecular weight is 435 g/mol. The quantitative estimate of drug-likeness (QED) is 0.512. The van der Waals surface area contributed by atoms with Crippen LogP contribution in [0, 0.1) is 11.8 Å². The van der Waals surface area contributed by atoms with E-state index in [1.165, 1.54) is 11.1 Å². The molecule has 168 valence electrons. The van der Waals surface area contributed by atoms with Crippen LogP contribution in [0.4, 0.5) is 0 Å². The number of hydrogen-bond acceptors (Lipinski definition) is 6. The van der Waals surface area contributed by atoms with E-state index in [0.29, 0.717) is 25.0 Å². The molecular formula is C25H30BNO5. The minimum Gasteiger partial charge on any atom is -0.473 e. The van der Waals surface area contributed by atoms with E-state index in [-0.39, 0.29) is 29.0 Å². The van der Waals surface area contributed by atoms with Crippen molar-refractivity contribution in [2.45, 2.75) is 64.8 Å². The number of nitrogens with zero attached hydrogens (tertiary/aromatic N) is 1. The Hall–Kier alpha value is -2.38. The Morgan fingerprint density at radius 2 is 1.94 bits per heavy atom. The van der Waals surface area contributed by atoms with Crippen molar-refractivity contribution in [3.05, 3.63) is 53.2 Å². The Kier molecular flexibility index (Phi) is 5.10. The number of carbonyl (C=O) groups excluding carboxylic acids is 1. The molecular weight excluding hydrogens is 405 g/mol.